The first kappa shape index (κ1) is 10.7. The van der Waals surface area contributed by atoms with E-state index in [1.54, 1.807) is 12.5 Å². The Hall–Kier alpha value is -1.36. The smallest absolute Gasteiger partial charge is 0.219 e. The molecule has 0 saturated heterocycles. The van der Waals surface area contributed by atoms with Crippen LogP contribution >= 0.6 is 0 Å². The van der Waals surface area contributed by atoms with Crippen molar-refractivity contribution in [1.82, 2.24) is 9.55 Å². The van der Waals surface area contributed by atoms with E-state index in [1.807, 2.05) is 18.4 Å². The normalized spacial score (nSPS) is 11.6. The fourth-order valence-electron chi connectivity index (χ4n) is 1.27. The number of aromatic nitrogens is 2. The number of amides is 1. The van der Waals surface area contributed by atoms with Gasteiger partial charge in [0.25, 0.3) is 0 Å². The highest BCUT2D eigenvalue weighted by molar-refractivity contribution is 5.73. The number of hydrogen-bond acceptors (Lipinski definition) is 3. The molecule has 1 aromatic heterocycles. The molecular weight excluding hydrogens is 180 g/mol. The van der Waals surface area contributed by atoms with Crippen LogP contribution in [-0.2, 0) is 16.9 Å². The van der Waals surface area contributed by atoms with Gasteiger partial charge in [-0.1, -0.05) is 0 Å². The number of primary amides is 1. The Kier molecular flexibility index (Phi) is 2.90. The molecule has 1 amide bonds. The zero-order valence-corrected chi connectivity index (χ0v) is 8.53. The van der Waals surface area contributed by atoms with Gasteiger partial charge in [-0.15, -0.1) is 0 Å². The lowest BCUT2D eigenvalue weighted by Gasteiger charge is -2.20. The van der Waals surface area contributed by atoms with Gasteiger partial charge in [-0.3, -0.25) is 4.79 Å². The third-order valence-electron chi connectivity index (χ3n) is 1.97. The van der Waals surface area contributed by atoms with Crippen molar-refractivity contribution in [2.24, 2.45) is 11.5 Å². The summed E-state index contributed by atoms with van der Waals surface area (Å²) < 4.78 is 1.85. The molecule has 0 aromatic carbocycles. The third kappa shape index (κ3) is 2.56. The lowest BCUT2D eigenvalue weighted by Crippen LogP contribution is -2.32. The fourth-order valence-corrected chi connectivity index (χ4v) is 1.27. The van der Waals surface area contributed by atoms with E-state index in [0.717, 1.165) is 5.69 Å². The second-order valence-electron chi connectivity index (χ2n) is 3.91. The number of carbonyl (C=O) groups excluding carboxylic acids is 1. The molecule has 0 aliphatic heterocycles. The molecule has 78 valence electrons. The maximum atomic E-state index is 10.6. The van der Waals surface area contributed by atoms with Crippen LogP contribution in [0.5, 0.6) is 0 Å². The van der Waals surface area contributed by atoms with Crippen molar-refractivity contribution in [3.05, 3.63) is 18.2 Å². The summed E-state index contributed by atoms with van der Waals surface area (Å²) >= 11 is 0. The van der Waals surface area contributed by atoms with E-state index in [9.17, 15) is 4.79 Å². The molecule has 0 bridgehead atoms. The van der Waals surface area contributed by atoms with Crippen molar-refractivity contribution in [1.29, 1.82) is 0 Å². The molecule has 0 aliphatic rings. The molecule has 0 atom stereocenters. The van der Waals surface area contributed by atoms with Crippen molar-refractivity contribution in [3.63, 3.8) is 0 Å². The van der Waals surface area contributed by atoms with Gasteiger partial charge in [-0.25, -0.2) is 4.98 Å². The Morgan fingerprint density at radius 1 is 1.64 bits per heavy atom. The van der Waals surface area contributed by atoms with Gasteiger partial charge >= 0.3 is 0 Å². The first-order valence-corrected chi connectivity index (χ1v) is 4.49. The lowest BCUT2D eigenvalue weighted by atomic mass is 10.0. The number of nitrogens with zero attached hydrogens (tertiary/aromatic N) is 2. The average molecular weight is 196 g/mol. The monoisotopic (exact) mass is 196 g/mol. The topological polar surface area (TPSA) is 86.9 Å². The van der Waals surface area contributed by atoms with Crippen LogP contribution in [-0.4, -0.2) is 15.5 Å². The molecule has 0 unspecified atom stereocenters. The van der Waals surface area contributed by atoms with Crippen molar-refractivity contribution in [2.75, 3.05) is 0 Å². The average Bonchev–Trinajstić information content (AvgIpc) is 2.46. The Bertz CT molecular complexity index is 324. The standard InChI is InChI=1S/C9H16N4O/c1-9(2,11)7-5-12-6-13(7)4-3-8(10)14/h5-6H,3-4,11H2,1-2H3,(H2,10,14). The molecule has 5 nitrogen and oxygen atoms in total. The van der Waals surface area contributed by atoms with Crippen molar-refractivity contribution < 1.29 is 4.79 Å². The minimum atomic E-state index is -0.450. The molecular formula is C9H16N4O. The molecule has 4 N–H and O–H groups in total. The summed E-state index contributed by atoms with van der Waals surface area (Å²) in [7, 11) is 0. The van der Waals surface area contributed by atoms with E-state index in [0.29, 0.717) is 13.0 Å². The molecule has 1 heterocycles. The summed E-state index contributed by atoms with van der Waals surface area (Å²) in [5.74, 6) is -0.320. The predicted molar refractivity (Wildman–Crippen MR) is 53.3 cm³/mol. The van der Waals surface area contributed by atoms with Gasteiger partial charge in [-0.2, -0.15) is 0 Å². The SMILES string of the molecule is CC(C)(N)c1cncn1CCC(N)=O. The highest BCUT2D eigenvalue weighted by Gasteiger charge is 2.18. The largest absolute Gasteiger partial charge is 0.370 e. The van der Waals surface area contributed by atoms with Gasteiger partial charge < -0.3 is 16.0 Å². The molecule has 5 heteroatoms. The predicted octanol–water partition coefficient (Wildman–Crippen LogP) is -0.0477. The highest BCUT2D eigenvalue weighted by Crippen LogP contribution is 2.16. The zero-order chi connectivity index (χ0) is 10.8. The van der Waals surface area contributed by atoms with Crippen LogP contribution in [0.3, 0.4) is 0 Å². The van der Waals surface area contributed by atoms with Gasteiger partial charge in [0.1, 0.15) is 0 Å². The van der Waals surface area contributed by atoms with Crippen molar-refractivity contribution >= 4 is 5.91 Å². The molecule has 0 aliphatic carbocycles. The second kappa shape index (κ2) is 3.79. The van der Waals surface area contributed by atoms with Crippen molar-refractivity contribution in [3.8, 4) is 0 Å². The van der Waals surface area contributed by atoms with Crippen LogP contribution in [0.2, 0.25) is 0 Å². The van der Waals surface area contributed by atoms with Crippen LogP contribution in [0, 0.1) is 0 Å². The number of rotatable bonds is 4. The van der Waals surface area contributed by atoms with Gasteiger partial charge in [0.05, 0.1) is 17.6 Å². The highest BCUT2D eigenvalue weighted by atomic mass is 16.1. The van der Waals surface area contributed by atoms with Gasteiger partial charge in [-0.05, 0) is 13.8 Å². The Morgan fingerprint density at radius 3 is 2.79 bits per heavy atom. The quantitative estimate of drug-likeness (QED) is 0.708. The molecule has 0 saturated carbocycles. The van der Waals surface area contributed by atoms with E-state index < -0.39 is 5.54 Å². The number of imidazole rings is 1. The number of nitrogens with two attached hydrogens (primary N) is 2. The fraction of sp³-hybridized carbons (Fsp3) is 0.556. The van der Waals surface area contributed by atoms with Crippen LogP contribution in [0.25, 0.3) is 0 Å². The summed E-state index contributed by atoms with van der Waals surface area (Å²) in [6, 6.07) is 0. The summed E-state index contributed by atoms with van der Waals surface area (Å²) in [6.07, 6.45) is 3.67. The number of aryl methyl sites for hydroxylation is 1. The van der Waals surface area contributed by atoms with Crippen LogP contribution in [0.4, 0.5) is 0 Å². The first-order valence-electron chi connectivity index (χ1n) is 4.49. The Labute approximate surface area is 83.1 Å². The molecule has 0 radical (unpaired) electrons. The van der Waals surface area contributed by atoms with E-state index in [-0.39, 0.29) is 5.91 Å². The Morgan fingerprint density at radius 2 is 2.29 bits per heavy atom. The summed E-state index contributed by atoms with van der Waals surface area (Å²) in [4.78, 5) is 14.6. The van der Waals surface area contributed by atoms with Crippen LogP contribution < -0.4 is 11.5 Å². The molecule has 1 aromatic rings. The van der Waals surface area contributed by atoms with E-state index in [4.69, 9.17) is 11.5 Å². The second-order valence-corrected chi connectivity index (χ2v) is 3.91. The van der Waals surface area contributed by atoms with Gasteiger partial charge in [0.15, 0.2) is 0 Å². The van der Waals surface area contributed by atoms with Gasteiger partial charge in [0, 0.05) is 19.2 Å². The number of carbonyl (C=O) groups is 1. The van der Waals surface area contributed by atoms with Crippen LogP contribution in [0.1, 0.15) is 26.0 Å². The molecule has 1 rings (SSSR count). The Balaban J connectivity index is 2.78. The molecule has 0 spiro atoms. The van der Waals surface area contributed by atoms with Gasteiger partial charge in [0.2, 0.25) is 5.91 Å². The summed E-state index contributed by atoms with van der Waals surface area (Å²) in [5, 5.41) is 0. The van der Waals surface area contributed by atoms with Crippen molar-refractivity contribution in [2.45, 2.75) is 32.4 Å². The summed E-state index contributed by atoms with van der Waals surface area (Å²) in [5.41, 5.74) is 11.4. The lowest BCUT2D eigenvalue weighted by molar-refractivity contribution is -0.118. The van der Waals surface area contributed by atoms with E-state index in [2.05, 4.69) is 4.98 Å². The minimum absolute atomic E-state index is 0.305. The molecule has 0 fully saturated rings. The molecule has 14 heavy (non-hydrogen) atoms. The van der Waals surface area contributed by atoms with E-state index in [1.165, 1.54) is 0 Å². The van der Waals surface area contributed by atoms with E-state index >= 15 is 0 Å². The number of hydrogen-bond donors (Lipinski definition) is 2. The van der Waals surface area contributed by atoms with Crippen LogP contribution in [0.15, 0.2) is 12.5 Å². The zero-order valence-electron chi connectivity index (χ0n) is 8.53. The summed E-state index contributed by atoms with van der Waals surface area (Å²) in [6.45, 7) is 4.32. The maximum absolute atomic E-state index is 10.6. The maximum Gasteiger partial charge on any atom is 0.219 e. The minimum Gasteiger partial charge on any atom is -0.370 e. The first-order chi connectivity index (χ1) is 6.41. The third-order valence-corrected chi connectivity index (χ3v) is 1.97.